The van der Waals surface area contributed by atoms with Crippen LogP contribution in [-0.2, 0) is 6.54 Å². The van der Waals surface area contributed by atoms with E-state index >= 15 is 0 Å². The number of benzene rings is 1. The van der Waals surface area contributed by atoms with Crippen molar-refractivity contribution < 1.29 is 0 Å². The summed E-state index contributed by atoms with van der Waals surface area (Å²) in [6, 6.07) is 6.41. The van der Waals surface area contributed by atoms with Gasteiger partial charge in [0.25, 0.3) is 0 Å². The second-order valence-corrected chi connectivity index (χ2v) is 7.63. The first kappa shape index (κ1) is 13.8. The maximum absolute atomic E-state index is 5.87. The first-order valence-corrected chi connectivity index (χ1v) is 7.66. The number of thioether (sulfide) groups is 1. The molecule has 1 aromatic carbocycles. The van der Waals surface area contributed by atoms with Gasteiger partial charge in [0.1, 0.15) is 0 Å². The first-order valence-electron chi connectivity index (χ1n) is 6.68. The molecule has 1 saturated heterocycles. The van der Waals surface area contributed by atoms with Gasteiger partial charge < -0.3 is 5.73 Å². The summed E-state index contributed by atoms with van der Waals surface area (Å²) >= 11 is 2.10. The summed E-state index contributed by atoms with van der Waals surface area (Å²) in [7, 11) is 0. The van der Waals surface area contributed by atoms with Crippen LogP contribution in [0.1, 0.15) is 31.4 Å². The normalized spacial score (nSPS) is 20.6. The minimum atomic E-state index is 0.436. The Labute approximate surface area is 115 Å². The van der Waals surface area contributed by atoms with Crippen molar-refractivity contribution in [3.8, 4) is 0 Å². The van der Waals surface area contributed by atoms with E-state index in [1.54, 1.807) is 0 Å². The number of nitrogen functional groups attached to an aromatic ring is 1. The summed E-state index contributed by atoms with van der Waals surface area (Å²) in [5.41, 5.74) is 9.33. The molecule has 18 heavy (non-hydrogen) atoms. The first-order chi connectivity index (χ1) is 8.46. The standard InChI is InChI=1S/C15H24N2S/c1-12-10-13(4-5-14(12)16)11-17-7-6-15(2,3)18-9-8-17/h4-5,10H,6-9,11,16H2,1-3H3. The lowest BCUT2D eigenvalue weighted by molar-refractivity contribution is 0.276. The fourth-order valence-electron chi connectivity index (χ4n) is 2.31. The van der Waals surface area contributed by atoms with Crippen LogP contribution in [0.4, 0.5) is 5.69 Å². The highest BCUT2D eigenvalue weighted by Gasteiger charge is 2.23. The summed E-state index contributed by atoms with van der Waals surface area (Å²) in [6.45, 7) is 10.2. The molecule has 1 aliphatic heterocycles. The lowest BCUT2D eigenvalue weighted by Crippen LogP contribution is -2.26. The van der Waals surface area contributed by atoms with Crippen LogP contribution in [0, 0.1) is 6.92 Å². The SMILES string of the molecule is Cc1cc(CN2CCSC(C)(C)CC2)ccc1N. The predicted octanol–water partition coefficient (Wildman–Crippen LogP) is 3.29. The van der Waals surface area contributed by atoms with Gasteiger partial charge in [-0.3, -0.25) is 4.90 Å². The Balaban J connectivity index is 1.98. The summed E-state index contributed by atoms with van der Waals surface area (Å²) in [5, 5.41) is 0. The minimum absolute atomic E-state index is 0.436. The predicted molar refractivity (Wildman–Crippen MR) is 82.0 cm³/mol. The van der Waals surface area contributed by atoms with E-state index in [4.69, 9.17) is 5.73 Å². The average Bonchev–Trinajstić information content (AvgIpc) is 2.46. The maximum atomic E-state index is 5.87. The number of rotatable bonds is 2. The Morgan fingerprint density at radius 3 is 2.83 bits per heavy atom. The number of hydrogen-bond acceptors (Lipinski definition) is 3. The third-order valence-corrected chi connectivity index (χ3v) is 5.04. The molecular formula is C15H24N2S. The molecule has 3 heteroatoms. The van der Waals surface area contributed by atoms with Crippen molar-refractivity contribution in [1.82, 2.24) is 4.90 Å². The Kier molecular flexibility index (Phi) is 4.23. The average molecular weight is 264 g/mol. The van der Waals surface area contributed by atoms with E-state index in [9.17, 15) is 0 Å². The van der Waals surface area contributed by atoms with Crippen LogP contribution in [0.2, 0.25) is 0 Å². The zero-order chi connectivity index (χ0) is 13.2. The molecule has 1 aliphatic rings. The molecule has 1 heterocycles. The largest absolute Gasteiger partial charge is 0.399 e. The quantitative estimate of drug-likeness (QED) is 0.831. The fraction of sp³-hybridized carbons (Fsp3) is 0.600. The van der Waals surface area contributed by atoms with Crippen LogP contribution >= 0.6 is 11.8 Å². The molecule has 100 valence electrons. The van der Waals surface area contributed by atoms with E-state index in [0.717, 1.165) is 12.2 Å². The van der Waals surface area contributed by atoms with Crippen LogP contribution in [-0.4, -0.2) is 28.5 Å². The maximum Gasteiger partial charge on any atom is 0.0343 e. The van der Waals surface area contributed by atoms with Crippen molar-refractivity contribution in [1.29, 1.82) is 0 Å². The Bertz CT molecular complexity index is 415. The lowest BCUT2D eigenvalue weighted by atomic mass is 10.1. The van der Waals surface area contributed by atoms with Gasteiger partial charge in [-0.2, -0.15) is 11.8 Å². The van der Waals surface area contributed by atoms with Crippen molar-refractivity contribution in [3.05, 3.63) is 29.3 Å². The van der Waals surface area contributed by atoms with E-state index in [2.05, 4.69) is 49.6 Å². The van der Waals surface area contributed by atoms with Gasteiger partial charge in [0.05, 0.1) is 0 Å². The van der Waals surface area contributed by atoms with Gasteiger partial charge in [0.15, 0.2) is 0 Å². The van der Waals surface area contributed by atoms with E-state index in [-0.39, 0.29) is 0 Å². The van der Waals surface area contributed by atoms with Gasteiger partial charge in [-0.25, -0.2) is 0 Å². The van der Waals surface area contributed by atoms with Crippen molar-refractivity contribution in [2.45, 2.75) is 38.5 Å². The molecule has 2 N–H and O–H groups in total. The minimum Gasteiger partial charge on any atom is -0.399 e. The van der Waals surface area contributed by atoms with Gasteiger partial charge in [-0.1, -0.05) is 26.0 Å². The highest BCUT2D eigenvalue weighted by molar-refractivity contribution is 8.00. The van der Waals surface area contributed by atoms with Crippen molar-refractivity contribution in [2.75, 3.05) is 24.6 Å². The third-order valence-electron chi connectivity index (χ3n) is 3.67. The van der Waals surface area contributed by atoms with E-state index < -0.39 is 0 Å². The van der Waals surface area contributed by atoms with Crippen LogP contribution in [0.3, 0.4) is 0 Å². The molecule has 0 saturated carbocycles. The second kappa shape index (κ2) is 5.54. The van der Waals surface area contributed by atoms with Crippen LogP contribution in [0.15, 0.2) is 18.2 Å². The molecule has 1 aromatic rings. The highest BCUT2D eigenvalue weighted by atomic mass is 32.2. The van der Waals surface area contributed by atoms with E-state index in [0.29, 0.717) is 4.75 Å². The molecular weight excluding hydrogens is 240 g/mol. The molecule has 0 unspecified atom stereocenters. The molecule has 0 bridgehead atoms. The second-order valence-electron chi connectivity index (χ2n) is 5.83. The molecule has 0 aromatic heterocycles. The Hall–Kier alpha value is -0.670. The monoisotopic (exact) mass is 264 g/mol. The third kappa shape index (κ3) is 3.66. The molecule has 0 aliphatic carbocycles. The number of nitrogens with zero attached hydrogens (tertiary/aromatic N) is 1. The summed E-state index contributed by atoms with van der Waals surface area (Å²) in [6.07, 6.45) is 1.27. The topological polar surface area (TPSA) is 29.3 Å². The Morgan fingerprint density at radius 2 is 2.11 bits per heavy atom. The summed E-state index contributed by atoms with van der Waals surface area (Å²) in [5.74, 6) is 1.24. The number of anilines is 1. The van der Waals surface area contributed by atoms with Gasteiger partial charge in [-0.15, -0.1) is 0 Å². The molecule has 1 fully saturated rings. The zero-order valence-corrected chi connectivity index (χ0v) is 12.5. The van der Waals surface area contributed by atoms with E-state index in [1.807, 2.05) is 6.07 Å². The van der Waals surface area contributed by atoms with Crippen LogP contribution in [0.5, 0.6) is 0 Å². The molecule has 0 spiro atoms. The molecule has 2 nitrogen and oxygen atoms in total. The van der Waals surface area contributed by atoms with Gasteiger partial charge in [0, 0.05) is 29.3 Å². The van der Waals surface area contributed by atoms with Crippen LogP contribution < -0.4 is 5.73 Å². The lowest BCUT2D eigenvalue weighted by Gasteiger charge is -2.22. The van der Waals surface area contributed by atoms with Crippen molar-refractivity contribution in [2.24, 2.45) is 0 Å². The molecule has 0 atom stereocenters. The summed E-state index contributed by atoms with van der Waals surface area (Å²) in [4.78, 5) is 2.56. The number of nitrogens with two attached hydrogens (primary N) is 1. The molecule has 2 rings (SSSR count). The van der Waals surface area contributed by atoms with E-state index in [1.165, 1.54) is 36.4 Å². The van der Waals surface area contributed by atoms with Crippen molar-refractivity contribution in [3.63, 3.8) is 0 Å². The summed E-state index contributed by atoms with van der Waals surface area (Å²) < 4.78 is 0.436. The van der Waals surface area contributed by atoms with Crippen LogP contribution in [0.25, 0.3) is 0 Å². The smallest absolute Gasteiger partial charge is 0.0343 e. The zero-order valence-electron chi connectivity index (χ0n) is 11.7. The molecule has 0 amide bonds. The van der Waals surface area contributed by atoms with Gasteiger partial charge in [-0.05, 0) is 37.1 Å². The highest BCUT2D eigenvalue weighted by Crippen LogP contribution is 2.31. The van der Waals surface area contributed by atoms with Crippen molar-refractivity contribution >= 4 is 17.4 Å². The molecule has 0 radical (unpaired) electrons. The number of hydrogen-bond donors (Lipinski definition) is 1. The van der Waals surface area contributed by atoms with Gasteiger partial charge >= 0.3 is 0 Å². The van der Waals surface area contributed by atoms with Gasteiger partial charge in [0.2, 0.25) is 0 Å². The number of aryl methyl sites for hydroxylation is 1. The Morgan fingerprint density at radius 1 is 1.33 bits per heavy atom. The fourth-order valence-corrected chi connectivity index (χ4v) is 3.45.